The van der Waals surface area contributed by atoms with Crippen molar-refractivity contribution in [1.82, 2.24) is 0 Å². The monoisotopic (exact) mass is 228 g/mol. The van der Waals surface area contributed by atoms with Gasteiger partial charge in [-0.05, 0) is 31.0 Å². The lowest BCUT2D eigenvalue weighted by Gasteiger charge is -2.21. The highest BCUT2D eigenvalue weighted by Gasteiger charge is 2.11. The molecule has 84 valence electrons. The summed E-state index contributed by atoms with van der Waals surface area (Å²) in [6, 6.07) is 5.46. The standard InChI is InChI=1S/C11H17ClN2O/c1-7(6-15)8(2)14-11-5-9(12)3-4-10(11)13/h3-5,7-8,14-15H,6,13H2,1-2H3. The summed E-state index contributed by atoms with van der Waals surface area (Å²) in [5.74, 6) is 0.170. The number of halogens is 1. The Labute approximate surface area is 95.2 Å². The van der Waals surface area contributed by atoms with E-state index >= 15 is 0 Å². The van der Waals surface area contributed by atoms with Gasteiger partial charge in [-0.15, -0.1) is 0 Å². The summed E-state index contributed by atoms with van der Waals surface area (Å²) in [4.78, 5) is 0. The van der Waals surface area contributed by atoms with Crippen LogP contribution in [-0.4, -0.2) is 17.8 Å². The Hall–Kier alpha value is -0.930. The fourth-order valence-electron chi connectivity index (χ4n) is 1.20. The van der Waals surface area contributed by atoms with E-state index in [4.69, 9.17) is 22.4 Å². The Kier molecular flexibility index (Phi) is 4.24. The molecule has 0 saturated carbocycles. The van der Waals surface area contributed by atoms with Gasteiger partial charge in [0.1, 0.15) is 0 Å². The minimum Gasteiger partial charge on any atom is -0.397 e. The highest BCUT2D eigenvalue weighted by molar-refractivity contribution is 6.31. The van der Waals surface area contributed by atoms with Gasteiger partial charge in [0.15, 0.2) is 0 Å². The summed E-state index contributed by atoms with van der Waals surface area (Å²) >= 11 is 5.87. The molecule has 4 heteroatoms. The molecule has 1 aromatic rings. The van der Waals surface area contributed by atoms with Crippen LogP contribution in [0.1, 0.15) is 13.8 Å². The smallest absolute Gasteiger partial charge is 0.0591 e. The summed E-state index contributed by atoms with van der Waals surface area (Å²) in [5, 5.41) is 12.9. The average Bonchev–Trinajstić information content (AvgIpc) is 2.22. The highest BCUT2D eigenvalue weighted by Crippen LogP contribution is 2.24. The number of rotatable bonds is 4. The Morgan fingerprint density at radius 1 is 1.47 bits per heavy atom. The quantitative estimate of drug-likeness (QED) is 0.694. The molecule has 0 aliphatic carbocycles. The van der Waals surface area contributed by atoms with Crippen molar-refractivity contribution in [3.05, 3.63) is 23.2 Å². The zero-order valence-electron chi connectivity index (χ0n) is 9.00. The van der Waals surface area contributed by atoms with Gasteiger partial charge in [0.2, 0.25) is 0 Å². The fourth-order valence-corrected chi connectivity index (χ4v) is 1.37. The maximum atomic E-state index is 9.01. The Balaban J connectivity index is 2.75. The summed E-state index contributed by atoms with van der Waals surface area (Å²) in [6.07, 6.45) is 0. The van der Waals surface area contributed by atoms with Crippen molar-refractivity contribution < 1.29 is 5.11 Å². The van der Waals surface area contributed by atoms with Gasteiger partial charge in [-0.3, -0.25) is 0 Å². The van der Waals surface area contributed by atoms with E-state index in [1.807, 2.05) is 13.8 Å². The Morgan fingerprint density at radius 2 is 2.13 bits per heavy atom. The van der Waals surface area contributed by atoms with E-state index in [-0.39, 0.29) is 18.6 Å². The van der Waals surface area contributed by atoms with E-state index in [1.165, 1.54) is 0 Å². The van der Waals surface area contributed by atoms with Gasteiger partial charge in [0, 0.05) is 17.7 Å². The molecule has 2 atom stereocenters. The molecule has 0 spiro atoms. The second kappa shape index (κ2) is 5.24. The van der Waals surface area contributed by atoms with E-state index in [9.17, 15) is 0 Å². The molecule has 0 bridgehead atoms. The van der Waals surface area contributed by atoms with Crippen molar-refractivity contribution in [2.45, 2.75) is 19.9 Å². The van der Waals surface area contributed by atoms with E-state index in [0.29, 0.717) is 10.7 Å². The summed E-state index contributed by atoms with van der Waals surface area (Å²) in [6.45, 7) is 4.12. The van der Waals surface area contributed by atoms with Crippen LogP contribution in [0.3, 0.4) is 0 Å². The van der Waals surface area contributed by atoms with Crippen LogP contribution in [0, 0.1) is 5.92 Å². The molecule has 0 saturated heterocycles. The molecular formula is C11H17ClN2O. The second-order valence-corrected chi connectivity index (χ2v) is 4.26. The molecule has 0 aliphatic rings. The number of nitrogens with two attached hydrogens (primary N) is 1. The number of hydrogen-bond donors (Lipinski definition) is 3. The molecule has 0 heterocycles. The van der Waals surface area contributed by atoms with Gasteiger partial charge >= 0.3 is 0 Å². The van der Waals surface area contributed by atoms with Crippen LogP contribution in [0.2, 0.25) is 5.02 Å². The maximum absolute atomic E-state index is 9.01. The Bertz CT molecular complexity index is 330. The summed E-state index contributed by atoms with van der Waals surface area (Å²) in [5.41, 5.74) is 7.27. The molecule has 0 fully saturated rings. The lowest BCUT2D eigenvalue weighted by Crippen LogP contribution is -2.26. The second-order valence-electron chi connectivity index (χ2n) is 3.82. The number of nitrogens with one attached hydrogen (secondary N) is 1. The van der Waals surface area contributed by atoms with Crippen molar-refractivity contribution in [2.75, 3.05) is 17.7 Å². The molecule has 1 aromatic carbocycles. The molecule has 15 heavy (non-hydrogen) atoms. The molecule has 1 rings (SSSR count). The fraction of sp³-hybridized carbons (Fsp3) is 0.455. The number of aliphatic hydroxyl groups is 1. The van der Waals surface area contributed by atoms with Crippen LogP contribution in [0.15, 0.2) is 18.2 Å². The molecular weight excluding hydrogens is 212 g/mol. The molecule has 0 radical (unpaired) electrons. The van der Waals surface area contributed by atoms with E-state index in [2.05, 4.69) is 5.32 Å². The number of hydrogen-bond acceptors (Lipinski definition) is 3. The molecule has 0 aromatic heterocycles. The first kappa shape index (κ1) is 12.1. The zero-order chi connectivity index (χ0) is 11.4. The number of aliphatic hydroxyl groups excluding tert-OH is 1. The topological polar surface area (TPSA) is 58.3 Å². The van der Waals surface area contributed by atoms with Crippen LogP contribution in [0.5, 0.6) is 0 Å². The third-order valence-corrected chi connectivity index (χ3v) is 2.78. The molecule has 0 aliphatic heterocycles. The lowest BCUT2D eigenvalue weighted by atomic mass is 10.0. The van der Waals surface area contributed by atoms with Crippen molar-refractivity contribution >= 4 is 23.0 Å². The molecule has 2 unspecified atom stereocenters. The van der Waals surface area contributed by atoms with Crippen LogP contribution in [0.4, 0.5) is 11.4 Å². The predicted octanol–water partition coefficient (Wildman–Crippen LogP) is 2.35. The van der Waals surface area contributed by atoms with Crippen molar-refractivity contribution in [3.8, 4) is 0 Å². The van der Waals surface area contributed by atoms with Crippen molar-refractivity contribution in [1.29, 1.82) is 0 Å². The van der Waals surface area contributed by atoms with Crippen molar-refractivity contribution in [2.24, 2.45) is 5.92 Å². The van der Waals surface area contributed by atoms with Crippen molar-refractivity contribution in [3.63, 3.8) is 0 Å². The third-order valence-electron chi connectivity index (χ3n) is 2.54. The van der Waals surface area contributed by atoms with Gasteiger partial charge in [-0.2, -0.15) is 0 Å². The third kappa shape index (κ3) is 3.29. The van der Waals surface area contributed by atoms with Gasteiger partial charge < -0.3 is 16.2 Å². The number of benzene rings is 1. The van der Waals surface area contributed by atoms with Gasteiger partial charge in [0.25, 0.3) is 0 Å². The number of anilines is 2. The van der Waals surface area contributed by atoms with Crippen LogP contribution < -0.4 is 11.1 Å². The SMILES string of the molecule is CC(CO)C(C)Nc1cc(Cl)ccc1N. The van der Waals surface area contributed by atoms with Gasteiger partial charge in [-0.1, -0.05) is 18.5 Å². The predicted molar refractivity (Wildman–Crippen MR) is 65.2 cm³/mol. The largest absolute Gasteiger partial charge is 0.397 e. The van der Waals surface area contributed by atoms with Gasteiger partial charge in [0.05, 0.1) is 11.4 Å². The first-order valence-corrected chi connectivity index (χ1v) is 5.34. The average molecular weight is 229 g/mol. The maximum Gasteiger partial charge on any atom is 0.0591 e. The van der Waals surface area contributed by atoms with Crippen LogP contribution >= 0.6 is 11.6 Å². The number of nitrogen functional groups attached to an aromatic ring is 1. The lowest BCUT2D eigenvalue weighted by molar-refractivity contribution is 0.226. The van der Waals surface area contributed by atoms with E-state index in [1.54, 1.807) is 18.2 Å². The summed E-state index contributed by atoms with van der Waals surface area (Å²) < 4.78 is 0. The first-order valence-electron chi connectivity index (χ1n) is 4.97. The Morgan fingerprint density at radius 3 is 2.73 bits per heavy atom. The molecule has 0 amide bonds. The first-order chi connectivity index (χ1) is 7.04. The van der Waals surface area contributed by atoms with Crippen LogP contribution in [0.25, 0.3) is 0 Å². The minimum atomic E-state index is 0.147. The normalized spacial score (nSPS) is 14.7. The van der Waals surface area contributed by atoms with E-state index in [0.717, 1.165) is 5.69 Å². The highest BCUT2D eigenvalue weighted by atomic mass is 35.5. The zero-order valence-corrected chi connectivity index (χ0v) is 9.75. The van der Waals surface area contributed by atoms with Crippen LogP contribution in [-0.2, 0) is 0 Å². The van der Waals surface area contributed by atoms with E-state index < -0.39 is 0 Å². The van der Waals surface area contributed by atoms with Gasteiger partial charge in [-0.25, -0.2) is 0 Å². The molecule has 3 nitrogen and oxygen atoms in total. The summed E-state index contributed by atoms with van der Waals surface area (Å²) in [7, 11) is 0. The molecule has 4 N–H and O–H groups in total. The minimum absolute atomic E-state index is 0.147.